The Balaban J connectivity index is 2.93. The minimum absolute atomic E-state index is 0.184. The summed E-state index contributed by atoms with van der Waals surface area (Å²) >= 11 is 1.21. The molecule has 0 aromatic carbocycles. The van der Waals surface area contributed by atoms with Crippen LogP contribution in [0, 0.1) is 0 Å². The van der Waals surface area contributed by atoms with E-state index in [1.165, 1.54) is 16.4 Å². The van der Waals surface area contributed by atoms with Gasteiger partial charge in [0.25, 0.3) is 0 Å². The normalized spacial score (nSPS) is 13.8. The van der Waals surface area contributed by atoms with Crippen molar-refractivity contribution in [2.24, 2.45) is 5.73 Å². The molecule has 90 valence electrons. The molecule has 1 aromatic rings. The molecule has 16 heavy (non-hydrogen) atoms. The minimum atomic E-state index is -0.398. The van der Waals surface area contributed by atoms with Crippen molar-refractivity contribution >= 4 is 17.7 Å². The molecule has 1 amide bonds. The lowest BCUT2D eigenvalue weighted by Crippen LogP contribution is -2.26. The van der Waals surface area contributed by atoms with Gasteiger partial charge in [0.1, 0.15) is 0 Å². The lowest BCUT2D eigenvalue weighted by atomic mass is 9.96. The summed E-state index contributed by atoms with van der Waals surface area (Å²) < 4.78 is 1.41. The zero-order valence-electron chi connectivity index (χ0n) is 9.89. The predicted molar refractivity (Wildman–Crippen MR) is 63.4 cm³/mol. The van der Waals surface area contributed by atoms with Crippen molar-refractivity contribution in [3.8, 4) is 0 Å². The smallest absolute Gasteiger partial charge is 0.230 e. The topological polar surface area (TPSA) is 99.8 Å². The molecule has 0 aliphatic rings. The molecule has 0 spiro atoms. The van der Waals surface area contributed by atoms with Crippen molar-refractivity contribution in [2.45, 2.75) is 43.5 Å². The zero-order chi connectivity index (χ0) is 12.5. The largest absolute Gasteiger partial charge is 0.369 e. The van der Waals surface area contributed by atoms with Gasteiger partial charge in [0.15, 0.2) is 5.82 Å². The standard InChI is InChI=1S/C9H17N5OS/c1-5(6(10)15)16-8-13-12-7(14(8)11)9(2,3)4/h5H,11H2,1-4H3,(H2,10,15)/t5-/m0/s1. The first-order valence-electron chi connectivity index (χ1n) is 4.90. The van der Waals surface area contributed by atoms with Crippen molar-refractivity contribution in [3.63, 3.8) is 0 Å². The molecular formula is C9H17N5OS. The summed E-state index contributed by atoms with van der Waals surface area (Å²) in [5.74, 6) is 6.13. The summed E-state index contributed by atoms with van der Waals surface area (Å²) in [6.45, 7) is 7.68. The molecule has 1 aromatic heterocycles. The number of thioether (sulfide) groups is 1. The van der Waals surface area contributed by atoms with E-state index in [1.54, 1.807) is 6.92 Å². The van der Waals surface area contributed by atoms with Crippen LogP contribution in [0.5, 0.6) is 0 Å². The Bertz CT molecular complexity index is 395. The van der Waals surface area contributed by atoms with Crippen LogP contribution < -0.4 is 11.6 Å². The van der Waals surface area contributed by atoms with Crippen molar-refractivity contribution in [1.29, 1.82) is 0 Å². The van der Waals surface area contributed by atoms with E-state index in [0.29, 0.717) is 11.0 Å². The molecular weight excluding hydrogens is 226 g/mol. The molecule has 0 saturated heterocycles. The molecule has 1 heterocycles. The molecule has 0 aliphatic heterocycles. The Morgan fingerprint density at radius 1 is 1.44 bits per heavy atom. The fourth-order valence-electron chi connectivity index (χ4n) is 1.08. The third-order valence-electron chi connectivity index (χ3n) is 2.02. The number of hydrogen-bond donors (Lipinski definition) is 2. The molecule has 1 rings (SSSR count). The fourth-order valence-corrected chi connectivity index (χ4v) is 1.81. The zero-order valence-corrected chi connectivity index (χ0v) is 10.7. The number of primary amides is 1. The SMILES string of the molecule is C[C@H](Sc1nnc(C(C)(C)C)n1N)C(N)=O. The first-order chi connectivity index (χ1) is 7.23. The van der Waals surface area contributed by atoms with Gasteiger partial charge in [0, 0.05) is 5.41 Å². The number of hydrogen-bond acceptors (Lipinski definition) is 5. The maximum Gasteiger partial charge on any atom is 0.230 e. The summed E-state index contributed by atoms with van der Waals surface area (Å²) in [5, 5.41) is 8.08. The highest BCUT2D eigenvalue weighted by atomic mass is 32.2. The Morgan fingerprint density at radius 2 is 2.00 bits per heavy atom. The Hall–Kier alpha value is -1.24. The number of carbonyl (C=O) groups excluding carboxylic acids is 1. The van der Waals surface area contributed by atoms with Crippen molar-refractivity contribution in [2.75, 3.05) is 5.84 Å². The Morgan fingerprint density at radius 3 is 2.38 bits per heavy atom. The van der Waals surface area contributed by atoms with E-state index in [9.17, 15) is 4.79 Å². The van der Waals surface area contributed by atoms with E-state index in [0.717, 1.165) is 0 Å². The molecule has 0 bridgehead atoms. The van der Waals surface area contributed by atoms with Gasteiger partial charge in [-0.3, -0.25) is 4.79 Å². The molecule has 0 fully saturated rings. The van der Waals surface area contributed by atoms with Crippen LogP contribution in [0.1, 0.15) is 33.5 Å². The third kappa shape index (κ3) is 2.66. The highest BCUT2D eigenvalue weighted by Gasteiger charge is 2.24. The van der Waals surface area contributed by atoms with E-state index in [-0.39, 0.29) is 10.7 Å². The first-order valence-corrected chi connectivity index (χ1v) is 5.78. The number of nitrogens with zero attached hydrogens (tertiary/aromatic N) is 3. The minimum Gasteiger partial charge on any atom is -0.369 e. The maximum absolute atomic E-state index is 10.9. The summed E-state index contributed by atoms with van der Waals surface area (Å²) in [7, 11) is 0. The van der Waals surface area contributed by atoms with Gasteiger partial charge in [-0.15, -0.1) is 10.2 Å². The predicted octanol–water partition coefficient (Wildman–Crippen LogP) is 0.255. The number of rotatable bonds is 3. The highest BCUT2D eigenvalue weighted by molar-refractivity contribution is 8.00. The molecule has 7 heteroatoms. The summed E-state index contributed by atoms with van der Waals surface area (Å²) in [5.41, 5.74) is 4.98. The second kappa shape index (κ2) is 4.32. The molecule has 1 atom stereocenters. The van der Waals surface area contributed by atoms with Crippen LogP contribution >= 0.6 is 11.8 Å². The van der Waals surface area contributed by atoms with Crippen molar-refractivity contribution in [3.05, 3.63) is 5.82 Å². The van der Waals surface area contributed by atoms with E-state index in [4.69, 9.17) is 11.6 Å². The Labute approximate surface area is 98.7 Å². The molecule has 6 nitrogen and oxygen atoms in total. The quantitative estimate of drug-likeness (QED) is 0.585. The highest BCUT2D eigenvalue weighted by Crippen LogP contribution is 2.25. The van der Waals surface area contributed by atoms with E-state index in [2.05, 4.69) is 10.2 Å². The van der Waals surface area contributed by atoms with Crippen LogP contribution in [0.2, 0.25) is 0 Å². The molecule has 0 unspecified atom stereocenters. The second-order valence-corrected chi connectivity index (χ2v) is 5.90. The van der Waals surface area contributed by atoms with Gasteiger partial charge >= 0.3 is 0 Å². The van der Waals surface area contributed by atoms with Crippen LogP contribution in [0.25, 0.3) is 0 Å². The Kier molecular flexibility index (Phi) is 3.47. The number of amides is 1. The lowest BCUT2D eigenvalue weighted by Gasteiger charge is -2.16. The van der Waals surface area contributed by atoms with Crippen LogP contribution in [0.15, 0.2) is 5.16 Å². The summed E-state index contributed by atoms with van der Waals surface area (Å²) in [6.07, 6.45) is 0. The number of nitrogens with two attached hydrogens (primary N) is 2. The van der Waals surface area contributed by atoms with Gasteiger partial charge < -0.3 is 11.6 Å². The molecule has 0 saturated carbocycles. The van der Waals surface area contributed by atoms with Gasteiger partial charge in [-0.1, -0.05) is 32.5 Å². The van der Waals surface area contributed by atoms with Gasteiger partial charge in [-0.2, -0.15) is 0 Å². The van der Waals surface area contributed by atoms with Gasteiger partial charge in [0.2, 0.25) is 11.1 Å². The van der Waals surface area contributed by atoms with Crippen LogP contribution in [0.4, 0.5) is 0 Å². The summed E-state index contributed by atoms with van der Waals surface area (Å²) in [4.78, 5) is 10.9. The van der Waals surface area contributed by atoms with Crippen molar-refractivity contribution in [1.82, 2.24) is 14.9 Å². The number of nitrogen functional groups attached to an aromatic ring is 1. The van der Waals surface area contributed by atoms with E-state index in [1.807, 2.05) is 20.8 Å². The molecule has 4 N–H and O–H groups in total. The number of aromatic nitrogens is 3. The molecule has 0 aliphatic carbocycles. The van der Waals surface area contributed by atoms with Crippen LogP contribution in [-0.2, 0) is 10.2 Å². The van der Waals surface area contributed by atoms with E-state index < -0.39 is 5.91 Å². The number of carbonyl (C=O) groups is 1. The van der Waals surface area contributed by atoms with Gasteiger partial charge in [-0.25, -0.2) is 4.68 Å². The van der Waals surface area contributed by atoms with Gasteiger partial charge in [0.05, 0.1) is 5.25 Å². The average molecular weight is 243 g/mol. The van der Waals surface area contributed by atoms with Gasteiger partial charge in [-0.05, 0) is 6.92 Å². The van der Waals surface area contributed by atoms with Crippen LogP contribution in [-0.4, -0.2) is 26.0 Å². The summed E-state index contributed by atoms with van der Waals surface area (Å²) in [6, 6.07) is 0. The fraction of sp³-hybridized carbons (Fsp3) is 0.667. The lowest BCUT2D eigenvalue weighted by molar-refractivity contribution is -0.117. The van der Waals surface area contributed by atoms with Crippen molar-refractivity contribution < 1.29 is 4.79 Å². The van der Waals surface area contributed by atoms with E-state index >= 15 is 0 Å². The maximum atomic E-state index is 10.9. The first kappa shape index (κ1) is 12.8. The monoisotopic (exact) mass is 243 g/mol. The average Bonchev–Trinajstić information content (AvgIpc) is 2.46. The third-order valence-corrected chi connectivity index (χ3v) is 3.09. The molecule has 0 radical (unpaired) electrons. The van der Waals surface area contributed by atoms with Crippen LogP contribution in [0.3, 0.4) is 0 Å². The second-order valence-electron chi connectivity index (χ2n) is 4.59.